The smallest absolute Gasteiger partial charge is 0.232 e. The van der Waals surface area contributed by atoms with E-state index in [4.69, 9.17) is 4.74 Å². The molecule has 0 unspecified atom stereocenters. The van der Waals surface area contributed by atoms with E-state index in [0.29, 0.717) is 11.8 Å². The molecule has 1 heterocycles. The minimum atomic E-state index is 0.656. The molecule has 0 radical (unpaired) electrons. The van der Waals surface area contributed by atoms with E-state index in [0.717, 1.165) is 18.8 Å². The minimum absolute atomic E-state index is 0.656. The normalized spacial score (nSPS) is 17.0. The third-order valence-corrected chi connectivity index (χ3v) is 3.21. The van der Waals surface area contributed by atoms with E-state index in [1.54, 1.807) is 12.4 Å². The fourth-order valence-corrected chi connectivity index (χ4v) is 2.28. The summed E-state index contributed by atoms with van der Waals surface area (Å²) in [5, 5.41) is 3.06. The fraction of sp³-hybridized carbons (Fsp3) is 0.692. The van der Waals surface area contributed by atoms with Gasteiger partial charge in [-0.2, -0.15) is 0 Å². The van der Waals surface area contributed by atoms with Gasteiger partial charge in [0.2, 0.25) is 5.88 Å². The van der Waals surface area contributed by atoms with Crippen molar-refractivity contribution in [2.45, 2.75) is 38.6 Å². The highest BCUT2D eigenvalue weighted by molar-refractivity contribution is 5.08. The first-order valence-corrected chi connectivity index (χ1v) is 6.47. The van der Waals surface area contributed by atoms with Gasteiger partial charge < -0.3 is 10.1 Å². The minimum Gasteiger partial charge on any atom is -0.476 e. The molecular weight excluding hydrogens is 214 g/mol. The van der Waals surface area contributed by atoms with E-state index in [1.165, 1.54) is 32.1 Å². The van der Waals surface area contributed by atoms with Crippen molar-refractivity contribution in [3.8, 4) is 5.88 Å². The summed E-state index contributed by atoms with van der Waals surface area (Å²) in [7, 11) is 1.90. The molecule has 1 saturated carbocycles. The molecular formula is C13H21N3O. The van der Waals surface area contributed by atoms with Crippen molar-refractivity contribution in [3.05, 3.63) is 18.1 Å². The van der Waals surface area contributed by atoms with Crippen LogP contribution < -0.4 is 10.1 Å². The summed E-state index contributed by atoms with van der Waals surface area (Å²) in [4.78, 5) is 8.54. The standard InChI is InChI=1S/C13H21N3O/c1-14-7-12-8-15-9-13(16-12)17-10-11-5-3-2-4-6-11/h8-9,11,14H,2-7,10H2,1H3. The number of nitrogens with one attached hydrogen (secondary N) is 1. The van der Waals surface area contributed by atoms with E-state index in [-0.39, 0.29) is 0 Å². The number of nitrogens with zero attached hydrogens (tertiary/aromatic N) is 2. The molecule has 94 valence electrons. The average Bonchev–Trinajstić information content (AvgIpc) is 2.39. The van der Waals surface area contributed by atoms with Crippen LogP contribution in [0.25, 0.3) is 0 Å². The second-order valence-corrected chi connectivity index (χ2v) is 4.69. The molecule has 0 saturated heterocycles. The molecule has 0 atom stereocenters. The number of rotatable bonds is 5. The van der Waals surface area contributed by atoms with Crippen LogP contribution in [0.15, 0.2) is 12.4 Å². The second kappa shape index (κ2) is 6.55. The van der Waals surface area contributed by atoms with Gasteiger partial charge in [0, 0.05) is 12.7 Å². The van der Waals surface area contributed by atoms with E-state index in [2.05, 4.69) is 15.3 Å². The Labute approximate surface area is 103 Å². The molecule has 0 amide bonds. The van der Waals surface area contributed by atoms with E-state index in [9.17, 15) is 0 Å². The predicted octanol–water partition coefficient (Wildman–Crippen LogP) is 2.16. The second-order valence-electron chi connectivity index (χ2n) is 4.69. The van der Waals surface area contributed by atoms with Gasteiger partial charge in [0.15, 0.2) is 0 Å². The van der Waals surface area contributed by atoms with E-state index < -0.39 is 0 Å². The van der Waals surface area contributed by atoms with Crippen molar-refractivity contribution in [1.29, 1.82) is 0 Å². The summed E-state index contributed by atoms with van der Waals surface area (Å²) in [6.07, 6.45) is 10.1. The highest BCUT2D eigenvalue weighted by Gasteiger charge is 2.14. The summed E-state index contributed by atoms with van der Waals surface area (Å²) >= 11 is 0. The molecule has 2 rings (SSSR count). The number of aromatic nitrogens is 2. The Morgan fingerprint density at radius 1 is 1.29 bits per heavy atom. The number of hydrogen-bond acceptors (Lipinski definition) is 4. The van der Waals surface area contributed by atoms with Gasteiger partial charge in [-0.1, -0.05) is 19.3 Å². The summed E-state index contributed by atoms with van der Waals surface area (Å²) in [6, 6.07) is 0. The molecule has 0 aromatic carbocycles. The fourth-order valence-electron chi connectivity index (χ4n) is 2.28. The highest BCUT2D eigenvalue weighted by atomic mass is 16.5. The van der Waals surface area contributed by atoms with Gasteiger partial charge in [-0.05, 0) is 25.8 Å². The molecule has 0 aliphatic heterocycles. The SMILES string of the molecule is CNCc1cncc(OCC2CCCCC2)n1. The van der Waals surface area contributed by atoms with Crippen LogP contribution in [0.5, 0.6) is 5.88 Å². The molecule has 0 bridgehead atoms. The van der Waals surface area contributed by atoms with Crippen molar-refractivity contribution in [2.75, 3.05) is 13.7 Å². The maximum Gasteiger partial charge on any atom is 0.232 e. The van der Waals surface area contributed by atoms with Gasteiger partial charge >= 0.3 is 0 Å². The van der Waals surface area contributed by atoms with Gasteiger partial charge in [-0.3, -0.25) is 4.98 Å². The van der Waals surface area contributed by atoms with Gasteiger partial charge in [-0.25, -0.2) is 4.98 Å². The first-order valence-electron chi connectivity index (χ1n) is 6.47. The first-order chi connectivity index (χ1) is 8.38. The Hall–Kier alpha value is -1.16. The zero-order chi connectivity index (χ0) is 11.9. The van der Waals surface area contributed by atoms with Crippen LogP contribution in [0.1, 0.15) is 37.8 Å². The summed E-state index contributed by atoms with van der Waals surface area (Å²) < 4.78 is 5.73. The molecule has 17 heavy (non-hydrogen) atoms. The van der Waals surface area contributed by atoms with Crippen LogP contribution >= 0.6 is 0 Å². The Kier molecular flexibility index (Phi) is 4.74. The van der Waals surface area contributed by atoms with Crippen molar-refractivity contribution < 1.29 is 4.74 Å². The van der Waals surface area contributed by atoms with Crippen LogP contribution in [0.2, 0.25) is 0 Å². The quantitative estimate of drug-likeness (QED) is 0.849. The Morgan fingerprint density at radius 3 is 2.88 bits per heavy atom. The van der Waals surface area contributed by atoms with Crippen molar-refractivity contribution >= 4 is 0 Å². The Balaban J connectivity index is 1.83. The zero-order valence-corrected chi connectivity index (χ0v) is 10.5. The molecule has 1 fully saturated rings. The molecule has 0 spiro atoms. The topological polar surface area (TPSA) is 47.0 Å². The van der Waals surface area contributed by atoms with Crippen molar-refractivity contribution in [3.63, 3.8) is 0 Å². The number of hydrogen-bond donors (Lipinski definition) is 1. The first kappa shape index (κ1) is 12.3. The van der Waals surface area contributed by atoms with Gasteiger partial charge in [0.1, 0.15) is 0 Å². The van der Waals surface area contributed by atoms with Crippen LogP contribution in [0.3, 0.4) is 0 Å². The average molecular weight is 235 g/mol. The van der Waals surface area contributed by atoms with Gasteiger partial charge in [0.05, 0.1) is 18.5 Å². The highest BCUT2D eigenvalue weighted by Crippen LogP contribution is 2.24. The summed E-state index contributed by atoms with van der Waals surface area (Å²) in [5.74, 6) is 1.36. The monoisotopic (exact) mass is 235 g/mol. The van der Waals surface area contributed by atoms with Crippen LogP contribution in [0, 0.1) is 5.92 Å². The molecule has 1 aromatic heterocycles. The summed E-state index contributed by atoms with van der Waals surface area (Å²) in [5.41, 5.74) is 0.925. The lowest BCUT2D eigenvalue weighted by Crippen LogP contribution is -2.16. The van der Waals surface area contributed by atoms with Gasteiger partial charge in [-0.15, -0.1) is 0 Å². The molecule has 4 nitrogen and oxygen atoms in total. The zero-order valence-electron chi connectivity index (χ0n) is 10.5. The molecule has 4 heteroatoms. The molecule has 1 aromatic rings. The van der Waals surface area contributed by atoms with Gasteiger partial charge in [0.25, 0.3) is 0 Å². The maximum absolute atomic E-state index is 5.73. The molecule has 1 N–H and O–H groups in total. The molecule has 1 aliphatic carbocycles. The lowest BCUT2D eigenvalue weighted by Gasteiger charge is -2.21. The van der Waals surface area contributed by atoms with Crippen LogP contribution in [-0.2, 0) is 6.54 Å². The lowest BCUT2D eigenvalue weighted by atomic mass is 9.90. The summed E-state index contributed by atoms with van der Waals surface area (Å²) in [6.45, 7) is 1.52. The van der Waals surface area contributed by atoms with Crippen LogP contribution in [0.4, 0.5) is 0 Å². The Morgan fingerprint density at radius 2 is 2.12 bits per heavy atom. The third-order valence-electron chi connectivity index (χ3n) is 3.21. The Bertz CT molecular complexity index is 337. The number of ether oxygens (including phenoxy) is 1. The van der Waals surface area contributed by atoms with E-state index >= 15 is 0 Å². The van der Waals surface area contributed by atoms with Crippen LogP contribution in [-0.4, -0.2) is 23.6 Å². The molecule has 1 aliphatic rings. The predicted molar refractivity (Wildman–Crippen MR) is 66.9 cm³/mol. The largest absolute Gasteiger partial charge is 0.476 e. The van der Waals surface area contributed by atoms with Crippen molar-refractivity contribution in [1.82, 2.24) is 15.3 Å². The third kappa shape index (κ3) is 3.97. The maximum atomic E-state index is 5.73. The van der Waals surface area contributed by atoms with E-state index in [1.807, 2.05) is 7.05 Å². The van der Waals surface area contributed by atoms with Crippen molar-refractivity contribution in [2.24, 2.45) is 5.92 Å². The lowest BCUT2D eigenvalue weighted by molar-refractivity contribution is 0.202.